The minimum absolute atomic E-state index is 0.0778. The van der Waals surface area contributed by atoms with Crippen molar-refractivity contribution in [1.29, 1.82) is 0 Å². The molecule has 0 spiro atoms. The average Bonchev–Trinajstić information content (AvgIpc) is 3.10. The van der Waals surface area contributed by atoms with Gasteiger partial charge in [0.2, 0.25) is 5.91 Å². The Labute approximate surface area is 134 Å². The van der Waals surface area contributed by atoms with Crippen LogP contribution in [-0.2, 0) is 9.59 Å². The van der Waals surface area contributed by atoms with Gasteiger partial charge in [-0.05, 0) is 38.5 Å². The molecule has 2 fully saturated rings. The summed E-state index contributed by atoms with van der Waals surface area (Å²) in [7, 11) is 0. The van der Waals surface area contributed by atoms with Gasteiger partial charge in [-0.1, -0.05) is 0 Å². The molecule has 1 heterocycles. The zero-order valence-corrected chi connectivity index (χ0v) is 13.3. The van der Waals surface area contributed by atoms with Crippen LogP contribution in [0.4, 0.5) is 0 Å². The van der Waals surface area contributed by atoms with Gasteiger partial charge >= 0.3 is 5.97 Å². The molecular weight excluding hydrogens is 298 g/mol. The summed E-state index contributed by atoms with van der Waals surface area (Å²) in [5.74, 6) is -0.195. The summed E-state index contributed by atoms with van der Waals surface area (Å²) in [6.45, 7) is 2.74. The van der Waals surface area contributed by atoms with Crippen molar-refractivity contribution in [2.75, 3.05) is 13.1 Å². The molecule has 0 aliphatic heterocycles. The molecule has 0 saturated heterocycles. The van der Waals surface area contributed by atoms with E-state index < -0.39 is 12.0 Å². The Morgan fingerprint density at radius 1 is 1.43 bits per heavy atom. The molecule has 1 aromatic heterocycles. The highest BCUT2D eigenvalue weighted by molar-refractivity contribution is 5.80. The number of amides is 1. The number of carboxylic acid groups (broad SMARTS) is 1. The first-order valence-electron chi connectivity index (χ1n) is 8.13. The molecule has 1 atom stereocenters. The first-order valence-corrected chi connectivity index (χ1v) is 8.13. The Morgan fingerprint density at radius 2 is 2.17 bits per heavy atom. The highest BCUT2D eigenvalue weighted by atomic mass is 16.4. The van der Waals surface area contributed by atoms with Crippen molar-refractivity contribution >= 4 is 11.9 Å². The third kappa shape index (κ3) is 4.07. The fraction of sp³-hybridized carbons (Fsp3) is 0.733. The van der Waals surface area contributed by atoms with Crippen LogP contribution >= 0.6 is 0 Å². The lowest BCUT2D eigenvalue weighted by Gasteiger charge is -2.43. The Hall–Kier alpha value is -1.96. The molecule has 0 aromatic carbocycles. The summed E-state index contributed by atoms with van der Waals surface area (Å²) in [6, 6.07) is -0.00854. The van der Waals surface area contributed by atoms with E-state index in [1.807, 2.05) is 0 Å². The van der Waals surface area contributed by atoms with E-state index in [-0.39, 0.29) is 24.5 Å². The number of carbonyl (C=O) groups excluding carboxylic acids is 1. The Kier molecular flexibility index (Phi) is 4.61. The second-order valence-corrected chi connectivity index (χ2v) is 6.65. The van der Waals surface area contributed by atoms with Gasteiger partial charge in [0, 0.05) is 18.6 Å². The summed E-state index contributed by atoms with van der Waals surface area (Å²) in [4.78, 5) is 29.1. The van der Waals surface area contributed by atoms with E-state index in [2.05, 4.69) is 20.3 Å². The van der Waals surface area contributed by atoms with Crippen molar-refractivity contribution < 1.29 is 14.7 Å². The monoisotopic (exact) mass is 321 g/mol. The molecule has 8 nitrogen and oxygen atoms in total. The highest BCUT2D eigenvalue weighted by Crippen LogP contribution is 2.33. The minimum atomic E-state index is -0.780. The van der Waals surface area contributed by atoms with Gasteiger partial charge in [-0.2, -0.15) is 5.10 Å². The van der Waals surface area contributed by atoms with Crippen molar-refractivity contribution in [3.8, 4) is 0 Å². The van der Waals surface area contributed by atoms with Crippen molar-refractivity contribution in [2.24, 2.45) is 5.92 Å². The van der Waals surface area contributed by atoms with E-state index in [0.717, 1.165) is 19.4 Å². The Morgan fingerprint density at radius 3 is 2.74 bits per heavy atom. The van der Waals surface area contributed by atoms with Gasteiger partial charge in [0.05, 0.1) is 6.54 Å². The predicted octanol–water partition coefficient (Wildman–Crippen LogP) is 0.283. The van der Waals surface area contributed by atoms with Crippen molar-refractivity contribution in [3.05, 3.63) is 12.7 Å². The van der Waals surface area contributed by atoms with Crippen LogP contribution in [0.25, 0.3) is 0 Å². The molecule has 0 unspecified atom stereocenters. The van der Waals surface area contributed by atoms with E-state index in [0.29, 0.717) is 5.92 Å². The summed E-state index contributed by atoms with van der Waals surface area (Å²) in [5.41, 5.74) is 0. The number of carbonyl (C=O) groups is 2. The van der Waals surface area contributed by atoms with Crippen LogP contribution in [0.1, 0.15) is 38.6 Å². The number of rotatable bonds is 8. The van der Waals surface area contributed by atoms with Crippen LogP contribution in [0, 0.1) is 5.92 Å². The number of aliphatic carboxylic acids is 1. The maximum Gasteiger partial charge on any atom is 0.317 e. The average molecular weight is 321 g/mol. The van der Waals surface area contributed by atoms with Crippen molar-refractivity contribution in [3.63, 3.8) is 0 Å². The van der Waals surface area contributed by atoms with Gasteiger partial charge < -0.3 is 10.4 Å². The third-order valence-corrected chi connectivity index (χ3v) is 4.72. The molecule has 0 radical (unpaired) electrons. The van der Waals surface area contributed by atoms with E-state index in [4.69, 9.17) is 5.11 Å². The molecule has 1 aromatic rings. The smallest absolute Gasteiger partial charge is 0.317 e. The van der Waals surface area contributed by atoms with E-state index in [1.54, 1.807) is 6.92 Å². The molecule has 0 bridgehead atoms. The normalized spacial score (nSPS) is 25.0. The number of aromatic nitrogens is 3. The molecule has 8 heteroatoms. The van der Waals surface area contributed by atoms with Crippen molar-refractivity contribution in [2.45, 2.75) is 50.7 Å². The molecule has 2 N–H and O–H groups in total. The highest BCUT2D eigenvalue weighted by Gasteiger charge is 2.38. The predicted molar refractivity (Wildman–Crippen MR) is 81.6 cm³/mol. The zero-order chi connectivity index (χ0) is 16.4. The molecule has 2 saturated carbocycles. The van der Waals surface area contributed by atoms with Gasteiger partial charge in [-0.15, -0.1) is 0 Å². The fourth-order valence-electron chi connectivity index (χ4n) is 3.01. The third-order valence-electron chi connectivity index (χ3n) is 4.72. The quantitative estimate of drug-likeness (QED) is 0.713. The Bertz CT molecular complexity index is 551. The van der Waals surface area contributed by atoms with Crippen LogP contribution in [0.3, 0.4) is 0 Å². The van der Waals surface area contributed by atoms with Crippen LogP contribution in [0.15, 0.2) is 12.7 Å². The molecule has 3 rings (SSSR count). The summed E-state index contributed by atoms with van der Waals surface area (Å²) in [5, 5.41) is 16.0. The number of nitrogens with zero attached hydrogens (tertiary/aromatic N) is 4. The van der Waals surface area contributed by atoms with Crippen LogP contribution in [-0.4, -0.2) is 61.8 Å². The zero-order valence-electron chi connectivity index (χ0n) is 13.3. The number of hydrogen-bond donors (Lipinski definition) is 2. The SMILES string of the molecule is C[C@H](C(=O)NC1CC(N(CC(=O)O)CC2CC2)C1)n1cncn1. The maximum atomic E-state index is 12.2. The summed E-state index contributed by atoms with van der Waals surface area (Å²) < 4.78 is 1.52. The van der Waals surface area contributed by atoms with Gasteiger partial charge in [-0.25, -0.2) is 9.67 Å². The lowest BCUT2D eigenvalue weighted by Crippen LogP contribution is -2.56. The fourth-order valence-corrected chi connectivity index (χ4v) is 3.01. The van der Waals surface area contributed by atoms with Gasteiger partial charge in [0.25, 0.3) is 0 Å². The van der Waals surface area contributed by atoms with Crippen LogP contribution < -0.4 is 5.32 Å². The first kappa shape index (κ1) is 15.9. The standard InChI is InChI=1S/C15H23N5O3/c1-10(20-9-16-8-17-20)15(23)18-12-4-13(5-12)19(7-14(21)22)6-11-2-3-11/h8-13H,2-7H2,1H3,(H,18,23)(H,21,22)/t10-,12?,13?/m1/s1. The van der Waals surface area contributed by atoms with Crippen LogP contribution in [0.2, 0.25) is 0 Å². The topological polar surface area (TPSA) is 100 Å². The molecule has 2 aliphatic rings. The lowest BCUT2D eigenvalue weighted by molar-refractivity contribution is -0.140. The molecule has 2 aliphatic carbocycles. The number of carboxylic acids is 1. The van der Waals surface area contributed by atoms with Gasteiger partial charge in [0.1, 0.15) is 18.7 Å². The van der Waals surface area contributed by atoms with Crippen molar-refractivity contribution in [1.82, 2.24) is 25.0 Å². The van der Waals surface area contributed by atoms with Crippen LogP contribution in [0.5, 0.6) is 0 Å². The second kappa shape index (κ2) is 6.66. The van der Waals surface area contributed by atoms with E-state index in [1.165, 1.54) is 30.2 Å². The van der Waals surface area contributed by atoms with E-state index >= 15 is 0 Å². The molecule has 1 amide bonds. The first-order chi connectivity index (χ1) is 11.0. The lowest BCUT2D eigenvalue weighted by atomic mass is 9.85. The maximum absolute atomic E-state index is 12.2. The largest absolute Gasteiger partial charge is 0.480 e. The number of nitrogens with one attached hydrogen (secondary N) is 1. The molecular formula is C15H23N5O3. The summed E-state index contributed by atoms with van der Waals surface area (Å²) >= 11 is 0. The Balaban J connectivity index is 1.45. The molecule has 126 valence electrons. The number of hydrogen-bond acceptors (Lipinski definition) is 5. The van der Waals surface area contributed by atoms with Gasteiger partial charge in [0.15, 0.2) is 0 Å². The summed E-state index contributed by atoms with van der Waals surface area (Å²) in [6.07, 6.45) is 6.98. The second-order valence-electron chi connectivity index (χ2n) is 6.65. The minimum Gasteiger partial charge on any atom is -0.480 e. The van der Waals surface area contributed by atoms with E-state index in [9.17, 15) is 9.59 Å². The van der Waals surface area contributed by atoms with Gasteiger partial charge in [-0.3, -0.25) is 14.5 Å². The molecule has 23 heavy (non-hydrogen) atoms.